The van der Waals surface area contributed by atoms with Gasteiger partial charge in [-0.15, -0.1) is 0 Å². The van der Waals surface area contributed by atoms with Crippen LogP contribution in [0, 0.1) is 0 Å². The van der Waals surface area contributed by atoms with Crippen LogP contribution >= 0.6 is 0 Å². The van der Waals surface area contributed by atoms with Crippen molar-refractivity contribution in [3.8, 4) is 0 Å². The molecule has 0 aliphatic carbocycles. The van der Waals surface area contributed by atoms with E-state index in [0.717, 1.165) is 12.3 Å². The van der Waals surface area contributed by atoms with E-state index < -0.39 is 29.8 Å². The summed E-state index contributed by atoms with van der Waals surface area (Å²) in [5.74, 6) is -0.714. The van der Waals surface area contributed by atoms with Crippen LogP contribution in [0.25, 0.3) is 0 Å². The molecule has 2 amide bonds. The molecule has 1 fully saturated rings. The smallest absolute Gasteiger partial charge is 0.372 e. The van der Waals surface area contributed by atoms with E-state index in [-0.39, 0.29) is 24.7 Å². The molecule has 1 aliphatic rings. The molecule has 1 aliphatic heterocycles. The number of ether oxygens (including phenoxy) is 1. The van der Waals surface area contributed by atoms with E-state index in [0.29, 0.717) is 34.8 Å². The second-order valence-corrected chi connectivity index (χ2v) is 7.79. The predicted octanol–water partition coefficient (Wildman–Crippen LogP) is 2.43. The summed E-state index contributed by atoms with van der Waals surface area (Å²) in [5, 5.41) is 2.56. The van der Waals surface area contributed by atoms with Crippen molar-refractivity contribution in [2.45, 2.75) is 45.3 Å². The third-order valence-electron chi connectivity index (χ3n) is 5.04. The number of hydrogen-bond donors (Lipinski definition) is 1. The number of pyridine rings is 1. The molecule has 1 saturated heterocycles. The Balaban J connectivity index is 1.57. The Labute approximate surface area is 182 Å². The molecule has 2 heterocycles. The van der Waals surface area contributed by atoms with E-state index in [4.69, 9.17) is 4.74 Å². The molecule has 2 unspecified atom stereocenters. The first-order chi connectivity index (χ1) is 15.0. The van der Waals surface area contributed by atoms with Gasteiger partial charge in [0.15, 0.2) is 0 Å². The van der Waals surface area contributed by atoms with Crippen molar-refractivity contribution in [2.75, 3.05) is 13.1 Å². The minimum Gasteiger partial charge on any atom is -0.372 e. The first-order valence-corrected chi connectivity index (χ1v) is 10.1. The Morgan fingerprint density at radius 1 is 1.09 bits per heavy atom. The number of rotatable bonds is 5. The van der Waals surface area contributed by atoms with Crippen molar-refractivity contribution in [1.29, 1.82) is 0 Å². The van der Waals surface area contributed by atoms with Gasteiger partial charge in [0.05, 0.1) is 12.2 Å². The standard InChI is InChI=1S/C22H24F3N3O4/c1-14-11-28(12-15(2)32-14)20(30)17-7-5-16(6-8-17)10-26-19(29)13-27-9-3-4-18(21(27)31)22(23,24)25/h3-9,14-15H,10-13H2,1-2H3,(H,26,29). The van der Waals surface area contributed by atoms with Gasteiger partial charge in [-0.05, 0) is 43.7 Å². The number of aromatic nitrogens is 1. The van der Waals surface area contributed by atoms with Gasteiger partial charge in [0.1, 0.15) is 12.1 Å². The summed E-state index contributed by atoms with van der Waals surface area (Å²) in [4.78, 5) is 38.5. The lowest BCUT2D eigenvalue weighted by molar-refractivity contribution is -0.139. The first-order valence-electron chi connectivity index (χ1n) is 10.1. The molecule has 1 N–H and O–H groups in total. The number of nitrogens with zero attached hydrogens (tertiary/aromatic N) is 2. The molecule has 7 nitrogen and oxygen atoms in total. The summed E-state index contributed by atoms with van der Waals surface area (Å²) in [6, 6.07) is 8.45. The highest BCUT2D eigenvalue weighted by Gasteiger charge is 2.34. The van der Waals surface area contributed by atoms with Gasteiger partial charge in [0.25, 0.3) is 11.5 Å². The molecular weight excluding hydrogens is 427 g/mol. The second-order valence-electron chi connectivity index (χ2n) is 7.79. The van der Waals surface area contributed by atoms with Crippen LogP contribution < -0.4 is 10.9 Å². The van der Waals surface area contributed by atoms with Crippen LogP contribution in [0.4, 0.5) is 13.2 Å². The van der Waals surface area contributed by atoms with Crippen molar-refractivity contribution in [3.63, 3.8) is 0 Å². The van der Waals surface area contributed by atoms with Gasteiger partial charge in [-0.25, -0.2) is 0 Å². The number of amides is 2. The molecule has 0 bridgehead atoms. The minimum absolute atomic E-state index is 0.0403. The number of benzene rings is 1. The van der Waals surface area contributed by atoms with Crippen molar-refractivity contribution < 1.29 is 27.5 Å². The highest BCUT2D eigenvalue weighted by molar-refractivity contribution is 5.94. The molecule has 1 aromatic carbocycles. The average Bonchev–Trinajstić information content (AvgIpc) is 2.72. The highest BCUT2D eigenvalue weighted by Crippen LogP contribution is 2.26. The first kappa shape index (κ1) is 23.5. The molecule has 3 rings (SSSR count). The van der Waals surface area contributed by atoms with Crippen LogP contribution in [0.2, 0.25) is 0 Å². The monoisotopic (exact) mass is 451 g/mol. The third kappa shape index (κ3) is 5.76. The fourth-order valence-electron chi connectivity index (χ4n) is 3.58. The lowest BCUT2D eigenvalue weighted by Gasteiger charge is -2.35. The van der Waals surface area contributed by atoms with Crippen LogP contribution in [-0.4, -0.2) is 46.6 Å². The molecule has 2 aromatic rings. The minimum atomic E-state index is -4.78. The van der Waals surface area contributed by atoms with Gasteiger partial charge in [-0.2, -0.15) is 13.2 Å². The maximum Gasteiger partial charge on any atom is 0.421 e. The van der Waals surface area contributed by atoms with E-state index in [9.17, 15) is 27.6 Å². The molecule has 1 aromatic heterocycles. The SMILES string of the molecule is CC1CN(C(=O)c2ccc(CNC(=O)Cn3cccc(C(F)(F)F)c3=O)cc2)CC(C)O1. The van der Waals surface area contributed by atoms with Gasteiger partial charge in [-0.3, -0.25) is 14.4 Å². The summed E-state index contributed by atoms with van der Waals surface area (Å²) >= 11 is 0. The van der Waals surface area contributed by atoms with Gasteiger partial charge in [0.2, 0.25) is 5.91 Å². The van der Waals surface area contributed by atoms with Crippen molar-refractivity contribution in [3.05, 3.63) is 69.6 Å². The van der Waals surface area contributed by atoms with Crippen molar-refractivity contribution >= 4 is 11.8 Å². The fraction of sp³-hybridized carbons (Fsp3) is 0.409. The van der Waals surface area contributed by atoms with Crippen molar-refractivity contribution in [1.82, 2.24) is 14.8 Å². The maximum absolute atomic E-state index is 12.8. The van der Waals surface area contributed by atoms with Crippen LogP contribution in [-0.2, 0) is 28.8 Å². The van der Waals surface area contributed by atoms with Crippen LogP contribution in [0.1, 0.15) is 35.3 Å². The number of alkyl halides is 3. The number of halogens is 3. The number of carbonyl (C=O) groups is 2. The number of nitrogens with one attached hydrogen (secondary N) is 1. The van der Waals surface area contributed by atoms with Gasteiger partial charge in [0, 0.05) is 31.4 Å². The topological polar surface area (TPSA) is 80.6 Å². The Bertz CT molecular complexity index is 1020. The Kier molecular flexibility index (Phi) is 7.02. The highest BCUT2D eigenvalue weighted by atomic mass is 19.4. The van der Waals surface area contributed by atoms with Crippen LogP contribution in [0.5, 0.6) is 0 Å². The number of carbonyl (C=O) groups excluding carboxylic acids is 2. The van der Waals surface area contributed by atoms with Gasteiger partial charge >= 0.3 is 6.18 Å². The van der Waals surface area contributed by atoms with Crippen LogP contribution in [0.3, 0.4) is 0 Å². The summed E-state index contributed by atoms with van der Waals surface area (Å²) in [7, 11) is 0. The zero-order valence-electron chi connectivity index (χ0n) is 17.7. The molecular formula is C22H24F3N3O4. The number of hydrogen-bond acceptors (Lipinski definition) is 4. The molecule has 2 atom stereocenters. The third-order valence-corrected chi connectivity index (χ3v) is 5.04. The summed E-state index contributed by atoms with van der Waals surface area (Å²) < 4.78 is 44.9. The molecule has 0 spiro atoms. The summed E-state index contributed by atoms with van der Waals surface area (Å²) in [6.07, 6.45) is -3.74. The zero-order chi connectivity index (χ0) is 23.5. The lowest BCUT2D eigenvalue weighted by atomic mass is 10.1. The number of morpholine rings is 1. The van der Waals surface area contributed by atoms with E-state index >= 15 is 0 Å². The van der Waals surface area contributed by atoms with Crippen LogP contribution in [0.15, 0.2) is 47.4 Å². The van der Waals surface area contributed by atoms with E-state index in [1.165, 1.54) is 0 Å². The molecule has 32 heavy (non-hydrogen) atoms. The summed E-state index contributed by atoms with van der Waals surface area (Å²) in [5.41, 5.74) is -1.38. The maximum atomic E-state index is 12.8. The van der Waals surface area contributed by atoms with Gasteiger partial charge < -0.3 is 19.5 Å². The van der Waals surface area contributed by atoms with Gasteiger partial charge in [-0.1, -0.05) is 12.1 Å². The lowest BCUT2D eigenvalue weighted by Crippen LogP contribution is -2.48. The molecule has 172 valence electrons. The van der Waals surface area contributed by atoms with E-state index in [2.05, 4.69) is 5.32 Å². The van der Waals surface area contributed by atoms with E-state index in [1.807, 2.05) is 13.8 Å². The Hall–Kier alpha value is -3.14. The average molecular weight is 451 g/mol. The Morgan fingerprint density at radius 2 is 1.72 bits per heavy atom. The Morgan fingerprint density at radius 3 is 2.31 bits per heavy atom. The van der Waals surface area contributed by atoms with Crippen molar-refractivity contribution in [2.24, 2.45) is 0 Å². The molecule has 0 radical (unpaired) electrons. The fourth-order valence-corrected chi connectivity index (χ4v) is 3.58. The largest absolute Gasteiger partial charge is 0.421 e. The quantitative estimate of drug-likeness (QED) is 0.757. The predicted molar refractivity (Wildman–Crippen MR) is 110 cm³/mol. The summed E-state index contributed by atoms with van der Waals surface area (Å²) in [6.45, 7) is 4.41. The van der Waals surface area contributed by atoms with E-state index in [1.54, 1.807) is 29.2 Å². The molecule has 10 heteroatoms. The second kappa shape index (κ2) is 9.56. The normalized spacial score (nSPS) is 19.0. The molecule has 0 saturated carbocycles. The zero-order valence-corrected chi connectivity index (χ0v) is 17.7.